The average Bonchev–Trinajstić information content (AvgIpc) is 2.80. The van der Waals surface area contributed by atoms with Gasteiger partial charge in [-0.1, -0.05) is 71.1 Å². The number of carbonyl (C=O) groups is 3. The summed E-state index contributed by atoms with van der Waals surface area (Å²) < 4.78 is 8.04. The molecule has 0 rings (SSSR count). The molecule has 0 bridgehead atoms. The van der Waals surface area contributed by atoms with Crippen molar-refractivity contribution < 1.29 is 24.2 Å². The summed E-state index contributed by atoms with van der Waals surface area (Å²) in [4.78, 5) is 33.4. The number of hydrogen-bond acceptors (Lipinski definition) is 4. The summed E-state index contributed by atoms with van der Waals surface area (Å²) in [5.41, 5.74) is 0. The minimum atomic E-state index is -0.790. The van der Waals surface area contributed by atoms with Gasteiger partial charge in [-0.15, -0.1) is 0 Å². The molecule has 2 radical (unpaired) electrons. The van der Waals surface area contributed by atoms with Gasteiger partial charge in [-0.05, 0) is 19.3 Å². The van der Waals surface area contributed by atoms with Crippen LogP contribution in [-0.2, 0) is 19.1 Å². The Labute approximate surface area is 220 Å². The van der Waals surface area contributed by atoms with E-state index in [0.29, 0.717) is 19.3 Å². The summed E-state index contributed by atoms with van der Waals surface area (Å²) in [7, 11) is 0. The zero-order valence-corrected chi connectivity index (χ0v) is 25.5. The van der Waals surface area contributed by atoms with Gasteiger partial charge in [-0.2, -0.15) is 0 Å². The summed E-state index contributed by atoms with van der Waals surface area (Å²) >= 11 is 0.149. The van der Waals surface area contributed by atoms with Gasteiger partial charge in [0.05, 0.1) is 0 Å². The summed E-state index contributed by atoms with van der Waals surface area (Å²) in [6.45, 7) is 6.80. The maximum absolute atomic E-state index is 11.6. The minimum absolute atomic E-state index is 0.149. The van der Waals surface area contributed by atoms with E-state index in [9.17, 15) is 14.4 Å². The number of aliphatic carboxylic acids is 1. The first-order valence-electron chi connectivity index (χ1n) is 14.1. The van der Waals surface area contributed by atoms with Gasteiger partial charge in [0, 0.05) is 19.3 Å². The van der Waals surface area contributed by atoms with Crippen LogP contribution in [0.4, 0.5) is 0 Å². The Kier molecular flexibility index (Phi) is 31.8. The van der Waals surface area contributed by atoms with Crippen LogP contribution in [0.25, 0.3) is 0 Å². The van der Waals surface area contributed by atoms with Gasteiger partial charge in [-0.3, -0.25) is 14.4 Å². The standard InChI is InChI=1S/C20H36O5.2C4H9.Sn/c1-2-3-4-5-6-7-8-9-13-16-19(23)25-20(24)17-14-11-10-12-15-18(21)22;2*1-3-4-2;/h2-17H2,1H3,(H,21,22);2*1,3-4H2,2H3;. The van der Waals surface area contributed by atoms with Crippen molar-refractivity contribution in [2.75, 3.05) is 0 Å². The van der Waals surface area contributed by atoms with Crippen LogP contribution in [0.5, 0.6) is 0 Å². The second-order valence-electron chi connectivity index (χ2n) is 9.19. The Balaban J connectivity index is 0. The van der Waals surface area contributed by atoms with Crippen LogP contribution in [0.2, 0.25) is 8.87 Å². The van der Waals surface area contributed by atoms with Gasteiger partial charge in [0.2, 0.25) is 0 Å². The Morgan fingerprint density at radius 2 is 0.882 bits per heavy atom. The maximum atomic E-state index is 11.6. The molecule has 0 aliphatic carbocycles. The molecule has 0 aromatic heterocycles. The molecule has 34 heavy (non-hydrogen) atoms. The number of ether oxygens (including phenoxy) is 1. The molecule has 0 aromatic rings. The van der Waals surface area contributed by atoms with E-state index in [1.54, 1.807) is 8.87 Å². The SMILES string of the molecule is CCCCCCCCCCCC(=O)OC(=O)CCCCCCC(=O)O.CCC[CH2][Sn][CH2]CCC. The van der Waals surface area contributed by atoms with Crippen LogP contribution in [0.15, 0.2) is 0 Å². The second kappa shape index (κ2) is 30.4. The van der Waals surface area contributed by atoms with Crippen LogP contribution in [-0.4, -0.2) is 44.2 Å². The van der Waals surface area contributed by atoms with Gasteiger partial charge >= 0.3 is 87.5 Å². The molecular formula is C28H54O5Sn. The van der Waals surface area contributed by atoms with Gasteiger partial charge in [-0.25, -0.2) is 0 Å². The summed E-state index contributed by atoms with van der Waals surface area (Å²) in [6.07, 6.45) is 20.1. The van der Waals surface area contributed by atoms with E-state index in [0.717, 1.165) is 32.1 Å². The van der Waals surface area contributed by atoms with Crippen molar-refractivity contribution in [3.63, 3.8) is 0 Å². The number of carboxylic acid groups (broad SMARTS) is 1. The van der Waals surface area contributed by atoms with E-state index in [1.807, 2.05) is 0 Å². The van der Waals surface area contributed by atoms with Gasteiger partial charge in [0.25, 0.3) is 0 Å². The Hall–Kier alpha value is -0.591. The van der Waals surface area contributed by atoms with Crippen molar-refractivity contribution in [2.45, 2.75) is 158 Å². The molecule has 0 heterocycles. The van der Waals surface area contributed by atoms with E-state index < -0.39 is 17.9 Å². The zero-order chi connectivity index (χ0) is 25.7. The summed E-state index contributed by atoms with van der Waals surface area (Å²) in [6, 6.07) is 0. The Bertz CT molecular complexity index is 462. The monoisotopic (exact) mass is 590 g/mol. The van der Waals surface area contributed by atoms with Gasteiger partial charge in [0.1, 0.15) is 0 Å². The molecular weight excluding hydrogens is 535 g/mol. The molecule has 200 valence electrons. The Morgan fingerprint density at radius 1 is 0.529 bits per heavy atom. The third kappa shape index (κ3) is 33.6. The number of hydrogen-bond donors (Lipinski definition) is 1. The van der Waals surface area contributed by atoms with E-state index in [1.165, 1.54) is 64.2 Å². The van der Waals surface area contributed by atoms with Crippen LogP contribution in [0.3, 0.4) is 0 Å². The first kappa shape index (κ1) is 35.6. The van der Waals surface area contributed by atoms with E-state index >= 15 is 0 Å². The fourth-order valence-corrected chi connectivity index (χ4v) is 7.60. The quantitative estimate of drug-likeness (QED) is 0.0559. The molecule has 0 aromatic carbocycles. The van der Waals surface area contributed by atoms with E-state index in [-0.39, 0.29) is 34.0 Å². The normalized spacial score (nSPS) is 10.4. The summed E-state index contributed by atoms with van der Waals surface area (Å²) in [5, 5.41) is 8.51. The molecule has 0 saturated carbocycles. The average molecular weight is 589 g/mol. The van der Waals surface area contributed by atoms with E-state index in [2.05, 4.69) is 20.8 Å². The fraction of sp³-hybridized carbons (Fsp3) is 0.893. The number of carboxylic acids is 1. The number of unbranched alkanes of at least 4 members (excludes halogenated alkanes) is 13. The van der Waals surface area contributed by atoms with Crippen molar-refractivity contribution in [3.05, 3.63) is 0 Å². The molecule has 0 aliphatic heterocycles. The molecule has 1 N–H and O–H groups in total. The first-order valence-corrected chi connectivity index (χ1v) is 18.2. The third-order valence-electron chi connectivity index (χ3n) is 5.65. The zero-order valence-electron chi connectivity index (χ0n) is 22.6. The second-order valence-corrected chi connectivity index (χ2v) is 13.5. The third-order valence-corrected chi connectivity index (χ3v) is 9.68. The predicted molar refractivity (Wildman–Crippen MR) is 143 cm³/mol. The number of rotatable bonds is 23. The number of esters is 2. The summed E-state index contributed by atoms with van der Waals surface area (Å²) in [5.74, 6) is -1.67. The molecule has 0 unspecified atom stereocenters. The molecule has 5 nitrogen and oxygen atoms in total. The van der Waals surface area contributed by atoms with Crippen molar-refractivity contribution in [1.29, 1.82) is 0 Å². The molecule has 0 spiro atoms. The first-order chi connectivity index (χ1) is 16.5. The van der Waals surface area contributed by atoms with E-state index in [4.69, 9.17) is 9.84 Å². The molecule has 0 atom stereocenters. The number of carbonyl (C=O) groups excluding carboxylic acids is 2. The van der Waals surface area contributed by atoms with Crippen LogP contribution < -0.4 is 0 Å². The Morgan fingerprint density at radius 3 is 1.26 bits per heavy atom. The molecule has 0 amide bonds. The van der Waals surface area contributed by atoms with Crippen molar-refractivity contribution in [1.82, 2.24) is 0 Å². The van der Waals surface area contributed by atoms with Crippen molar-refractivity contribution in [2.24, 2.45) is 0 Å². The fourth-order valence-electron chi connectivity index (χ4n) is 3.44. The molecule has 0 fully saturated rings. The van der Waals surface area contributed by atoms with Crippen LogP contribution in [0, 0.1) is 0 Å². The topological polar surface area (TPSA) is 80.7 Å². The molecule has 0 saturated heterocycles. The molecule has 6 heteroatoms. The van der Waals surface area contributed by atoms with Crippen LogP contribution in [0.1, 0.15) is 149 Å². The van der Waals surface area contributed by atoms with Gasteiger partial charge < -0.3 is 9.84 Å². The van der Waals surface area contributed by atoms with Gasteiger partial charge in [0.15, 0.2) is 0 Å². The van der Waals surface area contributed by atoms with Crippen molar-refractivity contribution in [3.8, 4) is 0 Å². The molecule has 0 aliphatic rings. The predicted octanol–water partition coefficient (Wildman–Crippen LogP) is 8.53. The van der Waals surface area contributed by atoms with Crippen molar-refractivity contribution >= 4 is 39.1 Å². The van der Waals surface area contributed by atoms with Crippen LogP contribution >= 0.6 is 0 Å².